The zero-order chi connectivity index (χ0) is 14.9. The minimum atomic E-state index is -0.409. The maximum atomic E-state index is 11.7. The van der Waals surface area contributed by atoms with Gasteiger partial charge in [-0.15, -0.1) is 6.58 Å². The van der Waals surface area contributed by atoms with Gasteiger partial charge < -0.3 is 9.47 Å². The van der Waals surface area contributed by atoms with Crippen molar-refractivity contribution in [2.75, 3.05) is 13.7 Å². The Kier molecular flexibility index (Phi) is 8.12. The minimum Gasteiger partial charge on any atom is -0.469 e. The van der Waals surface area contributed by atoms with Crippen molar-refractivity contribution in [3.63, 3.8) is 0 Å². The molecular formula is C15H26O4. The molecule has 4 nitrogen and oxygen atoms in total. The van der Waals surface area contributed by atoms with E-state index in [4.69, 9.17) is 4.74 Å². The van der Waals surface area contributed by atoms with E-state index in [1.807, 2.05) is 26.8 Å². The van der Waals surface area contributed by atoms with Gasteiger partial charge in [-0.1, -0.05) is 26.8 Å². The topological polar surface area (TPSA) is 52.6 Å². The van der Waals surface area contributed by atoms with E-state index in [0.717, 1.165) is 12.8 Å². The van der Waals surface area contributed by atoms with Crippen molar-refractivity contribution in [1.29, 1.82) is 0 Å². The third-order valence-corrected chi connectivity index (χ3v) is 3.09. The van der Waals surface area contributed by atoms with E-state index >= 15 is 0 Å². The maximum Gasteiger partial charge on any atom is 0.309 e. The van der Waals surface area contributed by atoms with E-state index in [2.05, 4.69) is 11.3 Å². The van der Waals surface area contributed by atoms with Gasteiger partial charge in [-0.05, 0) is 24.7 Å². The van der Waals surface area contributed by atoms with Gasteiger partial charge >= 0.3 is 11.9 Å². The molecule has 0 aliphatic rings. The van der Waals surface area contributed by atoms with Gasteiger partial charge in [0.1, 0.15) is 0 Å². The lowest BCUT2D eigenvalue weighted by atomic mass is 9.89. The number of rotatable bonds is 9. The van der Waals surface area contributed by atoms with Crippen LogP contribution >= 0.6 is 0 Å². The summed E-state index contributed by atoms with van der Waals surface area (Å²) in [6, 6.07) is 0. The van der Waals surface area contributed by atoms with Crippen LogP contribution in [0.15, 0.2) is 12.7 Å². The Bertz CT molecular complexity index is 307. The molecule has 0 saturated heterocycles. The molecule has 0 fully saturated rings. The van der Waals surface area contributed by atoms with Crippen molar-refractivity contribution in [3.05, 3.63) is 12.7 Å². The highest BCUT2D eigenvalue weighted by molar-refractivity contribution is 5.79. The summed E-state index contributed by atoms with van der Waals surface area (Å²) in [6.45, 7) is 9.97. The van der Waals surface area contributed by atoms with Crippen molar-refractivity contribution >= 4 is 11.9 Å². The standard InChI is InChI=1S/C15H26O4/c1-6-8-9-15(3,4)11-19-13(16)10-12(7-2)14(17)18-5/h6,12H,1,7-11H2,2-5H3. The summed E-state index contributed by atoms with van der Waals surface area (Å²) in [5.41, 5.74) is -0.0726. The molecular weight excluding hydrogens is 244 g/mol. The lowest BCUT2D eigenvalue weighted by Gasteiger charge is -2.23. The van der Waals surface area contributed by atoms with E-state index in [0.29, 0.717) is 13.0 Å². The Morgan fingerprint density at radius 2 is 2.00 bits per heavy atom. The molecule has 0 aromatic carbocycles. The van der Waals surface area contributed by atoms with Crippen LogP contribution in [0.3, 0.4) is 0 Å². The number of allylic oxidation sites excluding steroid dienone is 1. The summed E-state index contributed by atoms with van der Waals surface area (Å²) in [5.74, 6) is -1.11. The Morgan fingerprint density at radius 1 is 1.37 bits per heavy atom. The second kappa shape index (κ2) is 8.73. The van der Waals surface area contributed by atoms with Crippen molar-refractivity contribution in [3.8, 4) is 0 Å². The molecule has 1 atom stereocenters. The first-order valence-electron chi connectivity index (χ1n) is 6.70. The Morgan fingerprint density at radius 3 is 2.47 bits per heavy atom. The van der Waals surface area contributed by atoms with E-state index in [9.17, 15) is 9.59 Å². The lowest BCUT2D eigenvalue weighted by molar-refractivity contribution is -0.155. The fourth-order valence-electron chi connectivity index (χ4n) is 1.66. The van der Waals surface area contributed by atoms with Gasteiger partial charge in [-0.2, -0.15) is 0 Å². The molecule has 4 heteroatoms. The first-order valence-corrected chi connectivity index (χ1v) is 6.70. The van der Waals surface area contributed by atoms with Crippen LogP contribution < -0.4 is 0 Å². The largest absolute Gasteiger partial charge is 0.469 e. The molecule has 0 aromatic rings. The molecule has 0 aliphatic heterocycles. The van der Waals surface area contributed by atoms with Crippen molar-refractivity contribution in [2.45, 2.75) is 46.5 Å². The number of esters is 2. The van der Waals surface area contributed by atoms with Crippen LogP contribution in [0, 0.1) is 11.3 Å². The number of carbonyl (C=O) groups is 2. The minimum absolute atomic E-state index is 0.0726. The highest BCUT2D eigenvalue weighted by Crippen LogP contribution is 2.23. The molecule has 0 bridgehead atoms. The van der Waals surface area contributed by atoms with Gasteiger partial charge in [0.05, 0.1) is 26.1 Å². The first-order chi connectivity index (χ1) is 8.86. The smallest absolute Gasteiger partial charge is 0.309 e. The highest BCUT2D eigenvalue weighted by Gasteiger charge is 2.24. The SMILES string of the molecule is C=CCCC(C)(C)COC(=O)CC(CC)C(=O)OC. The van der Waals surface area contributed by atoms with E-state index in [-0.39, 0.29) is 23.8 Å². The molecule has 110 valence electrons. The van der Waals surface area contributed by atoms with E-state index in [1.54, 1.807) is 0 Å². The molecule has 0 saturated carbocycles. The van der Waals surface area contributed by atoms with Gasteiger partial charge in [0.25, 0.3) is 0 Å². The average molecular weight is 270 g/mol. The van der Waals surface area contributed by atoms with Crippen LogP contribution in [0.1, 0.15) is 46.5 Å². The molecule has 0 aromatic heterocycles. The molecule has 19 heavy (non-hydrogen) atoms. The van der Waals surface area contributed by atoms with Crippen LogP contribution in [-0.4, -0.2) is 25.7 Å². The number of hydrogen-bond donors (Lipinski definition) is 0. The monoisotopic (exact) mass is 270 g/mol. The van der Waals surface area contributed by atoms with Crippen molar-refractivity contribution in [2.24, 2.45) is 11.3 Å². The Hall–Kier alpha value is -1.32. The van der Waals surface area contributed by atoms with Crippen LogP contribution in [0.5, 0.6) is 0 Å². The summed E-state index contributed by atoms with van der Waals surface area (Å²) in [4.78, 5) is 23.1. The van der Waals surface area contributed by atoms with Gasteiger partial charge in [-0.3, -0.25) is 9.59 Å². The van der Waals surface area contributed by atoms with Gasteiger partial charge in [0, 0.05) is 0 Å². The first kappa shape index (κ1) is 17.7. The number of carbonyl (C=O) groups excluding carboxylic acids is 2. The fraction of sp³-hybridized carbons (Fsp3) is 0.733. The zero-order valence-corrected chi connectivity index (χ0v) is 12.5. The van der Waals surface area contributed by atoms with Crippen molar-refractivity contribution in [1.82, 2.24) is 0 Å². The normalized spacial score (nSPS) is 12.6. The third-order valence-electron chi connectivity index (χ3n) is 3.09. The van der Waals surface area contributed by atoms with Crippen molar-refractivity contribution < 1.29 is 19.1 Å². The van der Waals surface area contributed by atoms with E-state index < -0.39 is 5.92 Å². The van der Waals surface area contributed by atoms with Gasteiger partial charge in [-0.25, -0.2) is 0 Å². The van der Waals surface area contributed by atoms with Gasteiger partial charge in [0.15, 0.2) is 0 Å². The summed E-state index contributed by atoms with van der Waals surface area (Å²) in [7, 11) is 1.33. The van der Waals surface area contributed by atoms with Crippen LogP contribution in [0.25, 0.3) is 0 Å². The molecule has 0 amide bonds. The maximum absolute atomic E-state index is 11.7. The second-order valence-corrected chi connectivity index (χ2v) is 5.48. The summed E-state index contributed by atoms with van der Waals surface area (Å²) >= 11 is 0. The zero-order valence-electron chi connectivity index (χ0n) is 12.5. The number of hydrogen-bond acceptors (Lipinski definition) is 4. The van der Waals surface area contributed by atoms with E-state index in [1.165, 1.54) is 7.11 Å². The van der Waals surface area contributed by atoms with Crippen LogP contribution in [0.4, 0.5) is 0 Å². The van der Waals surface area contributed by atoms with Gasteiger partial charge in [0.2, 0.25) is 0 Å². The number of ether oxygens (including phenoxy) is 2. The predicted molar refractivity (Wildman–Crippen MR) is 74.6 cm³/mol. The predicted octanol–water partition coefficient (Wildman–Crippen LogP) is 3.11. The second-order valence-electron chi connectivity index (χ2n) is 5.48. The number of methoxy groups -OCH3 is 1. The molecule has 0 radical (unpaired) electrons. The molecule has 0 spiro atoms. The summed E-state index contributed by atoms with van der Waals surface area (Å²) in [5, 5.41) is 0. The van der Waals surface area contributed by atoms with Crippen LogP contribution in [-0.2, 0) is 19.1 Å². The summed E-state index contributed by atoms with van der Waals surface area (Å²) in [6.07, 6.45) is 4.32. The summed E-state index contributed by atoms with van der Waals surface area (Å²) < 4.78 is 9.89. The molecule has 0 rings (SSSR count). The quantitative estimate of drug-likeness (QED) is 0.477. The Labute approximate surface area is 116 Å². The molecule has 0 aliphatic carbocycles. The molecule has 0 N–H and O–H groups in total. The Balaban J connectivity index is 4.16. The van der Waals surface area contributed by atoms with Crippen LogP contribution in [0.2, 0.25) is 0 Å². The third kappa shape index (κ3) is 7.65. The average Bonchev–Trinajstić information content (AvgIpc) is 2.39. The lowest BCUT2D eigenvalue weighted by Crippen LogP contribution is -2.25. The molecule has 0 heterocycles. The fourth-order valence-corrected chi connectivity index (χ4v) is 1.66. The molecule has 1 unspecified atom stereocenters. The highest BCUT2D eigenvalue weighted by atomic mass is 16.5.